The van der Waals surface area contributed by atoms with Gasteiger partial charge in [0.05, 0.1) is 17.9 Å². The number of thioether (sulfide) groups is 1. The summed E-state index contributed by atoms with van der Waals surface area (Å²) >= 11 is 1.56. The Bertz CT molecular complexity index is 608. The summed E-state index contributed by atoms with van der Waals surface area (Å²) in [5.41, 5.74) is 0.759. The number of amides is 2. The van der Waals surface area contributed by atoms with Gasteiger partial charge in [-0.15, -0.1) is 11.8 Å². The van der Waals surface area contributed by atoms with Crippen LogP contribution >= 0.6 is 11.8 Å². The van der Waals surface area contributed by atoms with Crippen LogP contribution in [0.5, 0.6) is 0 Å². The van der Waals surface area contributed by atoms with Crippen LogP contribution in [0.15, 0.2) is 29.2 Å². The fraction of sp³-hybridized carbons (Fsp3) is 0.556. The monoisotopic (exact) mass is 366 g/mol. The van der Waals surface area contributed by atoms with Crippen molar-refractivity contribution in [1.29, 1.82) is 0 Å². The standard InChI is InChI=1S/C18H26N2O4S/c1-12(2)24-15-11-20(10-14(15)21)18(23)9-8-17(22)19-13-6-4-5-7-16(13)25-3/h4-7,12,14-15,21H,8-11H2,1-3H3,(H,19,22)/t14-,15-/m0/s1. The van der Waals surface area contributed by atoms with E-state index >= 15 is 0 Å². The molecule has 2 amide bonds. The predicted molar refractivity (Wildman–Crippen MR) is 98.7 cm³/mol. The van der Waals surface area contributed by atoms with Crippen molar-refractivity contribution in [3.05, 3.63) is 24.3 Å². The van der Waals surface area contributed by atoms with Crippen LogP contribution in [0.2, 0.25) is 0 Å². The van der Waals surface area contributed by atoms with Crippen LogP contribution < -0.4 is 5.32 Å². The molecule has 2 rings (SSSR count). The van der Waals surface area contributed by atoms with Crippen LogP contribution in [-0.2, 0) is 14.3 Å². The third-order valence-corrected chi connectivity index (χ3v) is 4.78. The number of anilines is 1. The van der Waals surface area contributed by atoms with Gasteiger partial charge in [-0.1, -0.05) is 12.1 Å². The summed E-state index contributed by atoms with van der Waals surface area (Å²) in [6, 6.07) is 7.56. The molecule has 1 aliphatic heterocycles. The van der Waals surface area contributed by atoms with E-state index < -0.39 is 6.10 Å². The molecule has 1 aromatic carbocycles. The smallest absolute Gasteiger partial charge is 0.224 e. The number of para-hydroxylation sites is 1. The maximum atomic E-state index is 12.3. The van der Waals surface area contributed by atoms with Crippen molar-refractivity contribution in [1.82, 2.24) is 4.90 Å². The number of rotatable bonds is 7. The first-order chi connectivity index (χ1) is 11.9. The van der Waals surface area contributed by atoms with E-state index in [1.165, 1.54) is 0 Å². The first-order valence-electron chi connectivity index (χ1n) is 8.45. The fourth-order valence-electron chi connectivity index (χ4n) is 2.78. The summed E-state index contributed by atoms with van der Waals surface area (Å²) in [6.45, 7) is 4.42. The lowest BCUT2D eigenvalue weighted by atomic mass is 10.2. The number of likely N-dealkylation sites (tertiary alicyclic amines) is 1. The lowest BCUT2D eigenvalue weighted by molar-refractivity contribution is -0.132. The van der Waals surface area contributed by atoms with E-state index in [0.717, 1.165) is 10.6 Å². The van der Waals surface area contributed by atoms with Crippen LogP contribution in [0.4, 0.5) is 5.69 Å². The highest BCUT2D eigenvalue weighted by Crippen LogP contribution is 2.24. The van der Waals surface area contributed by atoms with Crippen molar-refractivity contribution >= 4 is 29.3 Å². The van der Waals surface area contributed by atoms with Gasteiger partial charge in [0.2, 0.25) is 11.8 Å². The number of aliphatic hydroxyl groups excluding tert-OH is 1. The summed E-state index contributed by atoms with van der Waals surface area (Å²) in [7, 11) is 0. The lowest BCUT2D eigenvalue weighted by Gasteiger charge is -2.18. The van der Waals surface area contributed by atoms with Gasteiger partial charge >= 0.3 is 0 Å². The van der Waals surface area contributed by atoms with E-state index in [1.54, 1.807) is 16.7 Å². The summed E-state index contributed by atoms with van der Waals surface area (Å²) in [5, 5.41) is 12.8. The zero-order valence-corrected chi connectivity index (χ0v) is 15.7. The van der Waals surface area contributed by atoms with Gasteiger partial charge < -0.3 is 20.1 Å². The molecule has 0 spiro atoms. The molecule has 1 aliphatic rings. The van der Waals surface area contributed by atoms with Gasteiger partial charge in [0.15, 0.2) is 0 Å². The molecular formula is C18H26N2O4S. The average Bonchev–Trinajstić information content (AvgIpc) is 2.93. The molecule has 138 valence electrons. The van der Waals surface area contributed by atoms with Crippen molar-refractivity contribution in [2.24, 2.45) is 0 Å². The van der Waals surface area contributed by atoms with Crippen LogP contribution in [0, 0.1) is 0 Å². The number of ether oxygens (including phenoxy) is 1. The number of benzene rings is 1. The molecule has 0 bridgehead atoms. The lowest BCUT2D eigenvalue weighted by Crippen LogP contribution is -2.31. The molecule has 25 heavy (non-hydrogen) atoms. The van der Waals surface area contributed by atoms with Gasteiger partial charge in [-0.05, 0) is 32.2 Å². The molecule has 0 radical (unpaired) electrons. The minimum atomic E-state index is -0.673. The van der Waals surface area contributed by atoms with Crippen molar-refractivity contribution in [2.75, 3.05) is 24.7 Å². The molecule has 0 aliphatic carbocycles. The molecule has 1 fully saturated rings. The Morgan fingerprint density at radius 1 is 1.32 bits per heavy atom. The molecule has 7 heteroatoms. The zero-order chi connectivity index (χ0) is 18.4. The van der Waals surface area contributed by atoms with E-state index in [-0.39, 0.29) is 43.4 Å². The Kier molecular flexibility index (Phi) is 7.28. The maximum absolute atomic E-state index is 12.3. The van der Waals surface area contributed by atoms with Crippen molar-refractivity contribution < 1.29 is 19.4 Å². The molecular weight excluding hydrogens is 340 g/mol. The second-order valence-corrected chi connectivity index (χ2v) is 7.19. The highest BCUT2D eigenvalue weighted by atomic mass is 32.2. The molecule has 0 unspecified atom stereocenters. The number of hydrogen-bond acceptors (Lipinski definition) is 5. The highest BCUT2D eigenvalue weighted by Gasteiger charge is 2.35. The normalized spacial score (nSPS) is 20.1. The quantitative estimate of drug-likeness (QED) is 0.723. The Hall–Kier alpha value is -1.57. The SMILES string of the molecule is CSc1ccccc1NC(=O)CCC(=O)N1C[C@H](OC(C)C)[C@@H](O)C1. The number of carbonyl (C=O) groups is 2. The van der Waals surface area contributed by atoms with E-state index in [2.05, 4.69) is 5.32 Å². The topological polar surface area (TPSA) is 78.9 Å². The van der Waals surface area contributed by atoms with Crippen LogP contribution in [0.1, 0.15) is 26.7 Å². The van der Waals surface area contributed by atoms with Crippen LogP contribution in [-0.4, -0.2) is 59.5 Å². The van der Waals surface area contributed by atoms with Crippen molar-refractivity contribution in [2.45, 2.75) is 49.9 Å². The van der Waals surface area contributed by atoms with E-state index in [1.807, 2.05) is 44.4 Å². The first kappa shape index (κ1) is 19.8. The summed E-state index contributed by atoms with van der Waals surface area (Å²) < 4.78 is 5.61. The Labute approximate surface area is 152 Å². The number of nitrogens with zero attached hydrogens (tertiary/aromatic N) is 1. The molecule has 0 aromatic heterocycles. The largest absolute Gasteiger partial charge is 0.388 e. The van der Waals surface area contributed by atoms with Gasteiger partial charge in [-0.25, -0.2) is 0 Å². The van der Waals surface area contributed by atoms with Crippen molar-refractivity contribution in [3.8, 4) is 0 Å². The molecule has 2 N–H and O–H groups in total. The zero-order valence-electron chi connectivity index (χ0n) is 14.9. The van der Waals surface area contributed by atoms with Crippen LogP contribution in [0.25, 0.3) is 0 Å². The van der Waals surface area contributed by atoms with E-state index in [4.69, 9.17) is 4.74 Å². The van der Waals surface area contributed by atoms with Gasteiger partial charge in [-0.3, -0.25) is 9.59 Å². The fourth-order valence-corrected chi connectivity index (χ4v) is 3.34. The van der Waals surface area contributed by atoms with Gasteiger partial charge in [0.1, 0.15) is 6.10 Å². The second-order valence-electron chi connectivity index (χ2n) is 6.34. The number of nitrogens with one attached hydrogen (secondary N) is 1. The predicted octanol–water partition coefficient (Wildman–Crippen LogP) is 2.12. The average molecular weight is 366 g/mol. The highest BCUT2D eigenvalue weighted by molar-refractivity contribution is 7.98. The summed E-state index contributed by atoms with van der Waals surface area (Å²) in [4.78, 5) is 26.9. The second kappa shape index (κ2) is 9.22. The van der Waals surface area contributed by atoms with Crippen molar-refractivity contribution in [3.63, 3.8) is 0 Å². The third kappa shape index (κ3) is 5.73. The minimum Gasteiger partial charge on any atom is -0.388 e. The van der Waals surface area contributed by atoms with Crippen LogP contribution in [0.3, 0.4) is 0 Å². The van der Waals surface area contributed by atoms with Gasteiger partial charge in [0, 0.05) is 30.8 Å². The maximum Gasteiger partial charge on any atom is 0.224 e. The molecule has 1 saturated heterocycles. The summed E-state index contributed by atoms with van der Waals surface area (Å²) in [6.07, 6.45) is 1.15. The number of hydrogen-bond donors (Lipinski definition) is 2. The number of β-amino-alcohol motifs (C(OH)–C–C–N with tert-alkyl or cyclic N) is 1. The molecule has 0 saturated carbocycles. The number of carbonyl (C=O) groups excluding carboxylic acids is 2. The molecule has 1 aromatic rings. The first-order valence-corrected chi connectivity index (χ1v) is 9.67. The molecule has 1 heterocycles. The Balaban J connectivity index is 1.81. The molecule has 6 nitrogen and oxygen atoms in total. The molecule has 2 atom stereocenters. The van der Waals surface area contributed by atoms with Gasteiger partial charge in [-0.2, -0.15) is 0 Å². The summed E-state index contributed by atoms with van der Waals surface area (Å²) in [5.74, 6) is -0.327. The van der Waals surface area contributed by atoms with Gasteiger partial charge in [0.25, 0.3) is 0 Å². The number of aliphatic hydroxyl groups is 1. The minimum absolute atomic E-state index is 0.00279. The Morgan fingerprint density at radius 3 is 2.72 bits per heavy atom. The third-order valence-electron chi connectivity index (χ3n) is 3.98. The Morgan fingerprint density at radius 2 is 2.04 bits per heavy atom. The van der Waals surface area contributed by atoms with E-state index in [0.29, 0.717) is 6.54 Å². The van der Waals surface area contributed by atoms with E-state index in [9.17, 15) is 14.7 Å².